The van der Waals surface area contributed by atoms with Crippen LogP contribution in [0.2, 0.25) is 0 Å². The van der Waals surface area contributed by atoms with Gasteiger partial charge in [0.15, 0.2) is 0 Å². The van der Waals surface area contributed by atoms with Crippen molar-refractivity contribution in [3.05, 3.63) is 29.8 Å². The maximum atomic E-state index is 12.3. The van der Waals surface area contributed by atoms with Gasteiger partial charge in [0.05, 0.1) is 18.0 Å². The van der Waals surface area contributed by atoms with Crippen LogP contribution >= 0.6 is 0 Å². The number of nitrogens with one attached hydrogen (secondary N) is 1. The molecule has 2 aliphatic rings. The normalized spacial score (nSPS) is 21.6. The number of aliphatic hydroxyl groups excluding tert-OH is 1. The standard InChI is InChI=1S/C17H22N2O6S/c20-12-17(6-8-25-9-7-17)11-18-16(22)13-1-3-14(4-2-13)19-15(21)5-10-26(19,23)24/h1-4,20H,5-12H2,(H,18,22). The average Bonchev–Trinajstić information content (AvgIpc) is 2.93. The first-order chi connectivity index (χ1) is 12.4. The number of hydrogen-bond donors (Lipinski definition) is 2. The molecule has 0 atom stereocenters. The molecule has 0 spiro atoms. The molecule has 3 rings (SSSR count). The molecule has 142 valence electrons. The molecular weight excluding hydrogens is 360 g/mol. The van der Waals surface area contributed by atoms with Gasteiger partial charge in [0, 0.05) is 37.2 Å². The maximum absolute atomic E-state index is 12.3. The van der Waals surface area contributed by atoms with E-state index >= 15 is 0 Å². The summed E-state index contributed by atoms with van der Waals surface area (Å²) in [6.07, 6.45) is 1.33. The van der Waals surface area contributed by atoms with Gasteiger partial charge in [-0.15, -0.1) is 0 Å². The summed E-state index contributed by atoms with van der Waals surface area (Å²) in [5.74, 6) is -0.973. The Kier molecular flexibility index (Phi) is 5.31. The van der Waals surface area contributed by atoms with Crippen molar-refractivity contribution in [1.82, 2.24) is 5.32 Å². The van der Waals surface area contributed by atoms with Crippen LogP contribution in [0.15, 0.2) is 24.3 Å². The van der Waals surface area contributed by atoms with Gasteiger partial charge in [0.25, 0.3) is 5.91 Å². The molecule has 8 nitrogen and oxygen atoms in total. The zero-order valence-electron chi connectivity index (χ0n) is 14.3. The Balaban J connectivity index is 1.66. The summed E-state index contributed by atoms with van der Waals surface area (Å²) in [5.41, 5.74) is 0.224. The average molecular weight is 382 g/mol. The van der Waals surface area contributed by atoms with Gasteiger partial charge in [0.1, 0.15) is 0 Å². The van der Waals surface area contributed by atoms with Gasteiger partial charge >= 0.3 is 0 Å². The van der Waals surface area contributed by atoms with Crippen LogP contribution in [0.4, 0.5) is 5.69 Å². The molecular formula is C17H22N2O6S. The second-order valence-corrected chi connectivity index (χ2v) is 8.66. The molecule has 1 aromatic rings. The Labute approximate surface area is 152 Å². The molecule has 2 fully saturated rings. The minimum Gasteiger partial charge on any atom is -0.396 e. The summed E-state index contributed by atoms with van der Waals surface area (Å²) in [6, 6.07) is 5.88. The first-order valence-electron chi connectivity index (χ1n) is 8.50. The van der Waals surface area contributed by atoms with Crippen molar-refractivity contribution in [2.45, 2.75) is 19.3 Å². The second-order valence-electron chi connectivity index (χ2n) is 6.72. The Bertz CT molecular complexity index is 784. The van der Waals surface area contributed by atoms with Crippen molar-refractivity contribution >= 4 is 27.5 Å². The molecule has 2 amide bonds. The number of rotatable bonds is 5. The van der Waals surface area contributed by atoms with Crippen molar-refractivity contribution in [3.8, 4) is 0 Å². The molecule has 0 aliphatic carbocycles. The molecule has 0 unspecified atom stereocenters. The van der Waals surface area contributed by atoms with Gasteiger partial charge in [-0.25, -0.2) is 12.7 Å². The number of amides is 2. The van der Waals surface area contributed by atoms with E-state index in [-0.39, 0.29) is 35.8 Å². The zero-order chi connectivity index (χ0) is 18.8. The van der Waals surface area contributed by atoms with Crippen LogP contribution in [0.1, 0.15) is 29.6 Å². The van der Waals surface area contributed by atoms with Crippen molar-refractivity contribution in [2.75, 3.05) is 36.4 Å². The summed E-state index contributed by atoms with van der Waals surface area (Å²) in [5, 5.41) is 12.5. The quantitative estimate of drug-likeness (QED) is 0.756. The molecule has 2 aliphatic heterocycles. The van der Waals surface area contributed by atoms with Crippen molar-refractivity contribution < 1.29 is 27.9 Å². The number of carbonyl (C=O) groups excluding carboxylic acids is 2. The van der Waals surface area contributed by atoms with Crippen molar-refractivity contribution in [3.63, 3.8) is 0 Å². The van der Waals surface area contributed by atoms with E-state index < -0.39 is 15.9 Å². The molecule has 0 aromatic heterocycles. The minimum absolute atomic E-state index is 0.0233. The second kappa shape index (κ2) is 7.34. The van der Waals surface area contributed by atoms with Gasteiger partial charge in [-0.3, -0.25) is 9.59 Å². The zero-order valence-corrected chi connectivity index (χ0v) is 15.1. The molecule has 0 bridgehead atoms. The van der Waals surface area contributed by atoms with Crippen LogP contribution in [0, 0.1) is 5.41 Å². The van der Waals surface area contributed by atoms with Gasteiger partial charge in [-0.2, -0.15) is 0 Å². The van der Waals surface area contributed by atoms with Crippen molar-refractivity contribution in [1.29, 1.82) is 0 Å². The number of aliphatic hydroxyl groups is 1. The van der Waals surface area contributed by atoms with Crippen LogP contribution in [0.3, 0.4) is 0 Å². The summed E-state index contributed by atoms with van der Waals surface area (Å²) >= 11 is 0. The smallest absolute Gasteiger partial charge is 0.251 e. The molecule has 26 heavy (non-hydrogen) atoms. The van der Waals surface area contributed by atoms with Gasteiger partial charge < -0.3 is 15.2 Å². The lowest BCUT2D eigenvalue weighted by Gasteiger charge is -2.35. The maximum Gasteiger partial charge on any atom is 0.251 e. The van der Waals surface area contributed by atoms with E-state index in [0.717, 1.165) is 4.31 Å². The molecule has 2 N–H and O–H groups in total. The SMILES string of the molecule is O=C(NCC1(CO)CCOCC1)c1ccc(N2C(=O)CCS2(=O)=O)cc1. The number of hydrogen-bond acceptors (Lipinski definition) is 6. The molecule has 0 saturated carbocycles. The lowest BCUT2D eigenvalue weighted by atomic mass is 9.81. The monoisotopic (exact) mass is 382 g/mol. The molecule has 9 heteroatoms. The van der Waals surface area contributed by atoms with E-state index in [1.165, 1.54) is 24.3 Å². The van der Waals surface area contributed by atoms with E-state index in [1.54, 1.807) is 0 Å². The van der Waals surface area contributed by atoms with Crippen LogP contribution in [-0.2, 0) is 19.6 Å². The predicted molar refractivity (Wildman–Crippen MR) is 94.2 cm³/mol. The highest BCUT2D eigenvalue weighted by Gasteiger charge is 2.36. The van der Waals surface area contributed by atoms with E-state index in [4.69, 9.17) is 4.74 Å². The van der Waals surface area contributed by atoms with Crippen molar-refractivity contribution in [2.24, 2.45) is 5.41 Å². The third-order valence-electron chi connectivity index (χ3n) is 4.96. The fourth-order valence-corrected chi connectivity index (χ4v) is 4.64. The number of anilines is 1. The van der Waals surface area contributed by atoms with Crippen LogP contribution in [0.25, 0.3) is 0 Å². The highest BCUT2D eigenvalue weighted by molar-refractivity contribution is 7.94. The van der Waals surface area contributed by atoms with Crippen LogP contribution in [0.5, 0.6) is 0 Å². The first-order valence-corrected chi connectivity index (χ1v) is 10.1. The number of sulfonamides is 1. The van der Waals surface area contributed by atoms with Gasteiger partial charge in [0.2, 0.25) is 15.9 Å². The largest absolute Gasteiger partial charge is 0.396 e. The third kappa shape index (κ3) is 3.74. The Morgan fingerprint density at radius 2 is 1.88 bits per heavy atom. The lowest BCUT2D eigenvalue weighted by Crippen LogP contribution is -2.43. The fourth-order valence-electron chi connectivity index (χ4n) is 3.18. The Morgan fingerprint density at radius 3 is 2.42 bits per heavy atom. The summed E-state index contributed by atoms with van der Waals surface area (Å²) in [7, 11) is -3.62. The fraction of sp³-hybridized carbons (Fsp3) is 0.529. The number of carbonyl (C=O) groups is 2. The molecule has 0 radical (unpaired) electrons. The summed E-state index contributed by atoms with van der Waals surface area (Å²) < 4.78 is 29.9. The van der Waals surface area contributed by atoms with Crippen LogP contribution in [-0.4, -0.2) is 57.5 Å². The van der Waals surface area contributed by atoms with E-state index in [0.29, 0.717) is 38.2 Å². The van der Waals surface area contributed by atoms with E-state index in [1.807, 2.05) is 0 Å². The number of ether oxygens (including phenoxy) is 1. The van der Waals surface area contributed by atoms with E-state index in [9.17, 15) is 23.1 Å². The Hall–Kier alpha value is -1.97. The summed E-state index contributed by atoms with van der Waals surface area (Å²) in [6.45, 7) is 1.43. The lowest BCUT2D eigenvalue weighted by molar-refractivity contribution is -0.116. The van der Waals surface area contributed by atoms with Gasteiger partial charge in [-0.1, -0.05) is 0 Å². The van der Waals surface area contributed by atoms with Gasteiger partial charge in [-0.05, 0) is 37.1 Å². The number of nitrogens with zero attached hydrogens (tertiary/aromatic N) is 1. The number of benzene rings is 1. The third-order valence-corrected chi connectivity index (χ3v) is 6.65. The van der Waals surface area contributed by atoms with Crippen LogP contribution < -0.4 is 9.62 Å². The molecule has 2 saturated heterocycles. The molecule has 1 aromatic carbocycles. The Morgan fingerprint density at radius 1 is 1.23 bits per heavy atom. The summed E-state index contributed by atoms with van der Waals surface area (Å²) in [4.78, 5) is 24.1. The first kappa shape index (κ1) is 18.8. The highest BCUT2D eigenvalue weighted by atomic mass is 32.2. The topological polar surface area (TPSA) is 113 Å². The van der Waals surface area contributed by atoms with E-state index in [2.05, 4.69) is 5.32 Å². The predicted octanol–water partition coefficient (Wildman–Crippen LogP) is 0.272. The highest BCUT2D eigenvalue weighted by Crippen LogP contribution is 2.29. The minimum atomic E-state index is -3.62. The molecule has 2 heterocycles.